The molecule has 0 atom stereocenters. The van der Waals surface area contributed by atoms with Gasteiger partial charge in [-0.1, -0.05) is 32.0 Å². The highest BCUT2D eigenvalue weighted by atomic mass is 16.5. The third-order valence-corrected chi connectivity index (χ3v) is 3.25. The molecule has 0 aliphatic carbocycles. The molecular formula is C17H21NO2. The zero-order valence-electron chi connectivity index (χ0n) is 12.4. The first-order valence-electron chi connectivity index (χ1n) is 6.73. The van der Waals surface area contributed by atoms with E-state index in [-0.39, 0.29) is 0 Å². The Bertz CT molecular complexity index is 579. The molecule has 106 valence electrons. The van der Waals surface area contributed by atoms with Gasteiger partial charge in [0.25, 0.3) is 0 Å². The summed E-state index contributed by atoms with van der Waals surface area (Å²) in [5, 5.41) is 3.44. The van der Waals surface area contributed by atoms with E-state index in [1.807, 2.05) is 24.3 Å². The number of ether oxygens (including phenoxy) is 2. The quantitative estimate of drug-likeness (QED) is 0.864. The second-order valence-corrected chi connectivity index (χ2v) is 4.94. The third kappa shape index (κ3) is 3.05. The molecule has 0 aliphatic rings. The number of anilines is 2. The van der Waals surface area contributed by atoms with Gasteiger partial charge in [0, 0.05) is 17.4 Å². The van der Waals surface area contributed by atoms with E-state index in [2.05, 4.69) is 37.4 Å². The van der Waals surface area contributed by atoms with Crippen LogP contribution in [0.2, 0.25) is 0 Å². The maximum absolute atomic E-state index is 5.33. The molecule has 0 radical (unpaired) electrons. The molecule has 0 heterocycles. The molecule has 3 nitrogen and oxygen atoms in total. The molecule has 0 aromatic heterocycles. The molecule has 2 aromatic carbocycles. The van der Waals surface area contributed by atoms with Gasteiger partial charge >= 0.3 is 0 Å². The summed E-state index contributed by atoms with van der Waals surface area (Å²) in [6.07, 6.45) is 0. The van der Waals surface area contributed by atoms with Crippen molar-refractivity contribution in [2.45, 2.75) is 19.8 Å². The van der Waals surface area contributed by atoms with E-state index in [1.54, 1.807) is 14.2 Å². The van der Waals surface area contributed by atoms with Gasteiger partial charge in [-0.25, -0.2) is 0 Å². The first-order chi connectivity index (χ1) is 9.65. The topological polar surface area (TPSA) is 30.5 Å². The largest absolute Gasteiger partial charge is 0.493 e. The summed E-state index contributed by atoms with van der Waals surface area (Å²) in [4.78, 5) is 0. The summed E-state index contributed by atoms with van der Waals surface area (Å²) in [5.74, 6) is 1.92. The lowest BCUT2D eigenvalue weighted by Gasteiger charge is -2.16. The van der Waals surface area contributed by atoms with E-state index in [0.717, 1.165) is 22.9 Å². The normalized spacial score (nSPS) is 10.4. The fourth-order valence-corrected chi connectivity index (χ4v) is 2.18. The highest BCUT2D eigenvalue weighted by molar-refractivity contribution is 5.66. The Morgan fingerprint density at radius 3 is 2.25 bits per heavy atom. The van der Waals surface area contributed by atoms with Crippen molar-refractivity contribution in [3.63, 3.8) is 0 Å². The number of hydrogen-bond donors (Lipinski definition) is 1. The monoisotopic (exact) mass is 271 g/mol. The van der Waals surface area contributed by atoms with E-state index < -0.39 is 0 Å². The molecular weight excluding hydrogens is 250 g/mol. The molecule has 0 spiro atoms. The van der Waals surface area contributed by atoms with Crippen molar-refractivity contribution < 1.29 is 9.47 Å². The Labute approximate surface area is 120 Å². The van der Waals surface area contributed by atoms with Crippen molar-refractivity contribution in [2.24, 2.45) is 0 Å². The second kappa shape index (κ2) is 6.33. The lowest BCUT2D eigenvalue weighted by molar-refractivity contribution is 0.355. The van der Waals surface area contributed by atoms with Gasteiger partial charge in [0.2, 0.25) is 0 Å². The van der Waals surface area contributed by atoms with E-state index in [0.29, 0.717) is 5.92 Å². The Hall–Kier alpha value is -2.16. The Kier molecular flexibility index (Phi) is 4.51. The SMILES string of the molecule is COc1ccc(Nc2ccccc2C(C)C)cc1OC. The molecule has 3 heteroatoms. The van der Waals surface area contributed by atoms with Crippen LogP contribution in [0.1, 0.15) is 25.3 Å². The van der Waals surface area contributed by atoms with E-state index >= 15 is 0 Å². The van der Waals surface area contributed by atoms with Crippen LogP contribution in [0.25, 0.3) is 0 Å². The minimum atomic E-state index is 0.471. The minimum absolute atomic E-state index is 0.471. The Morgan fingerprint density at radius 1 is 0.900 bits per heavy atom. The van der Waals surface area contributed by atoms with Gasteiger partial charge in [0.1, 0.15) is 0 Å². The van der Waals surface area contributed by atoms with Gasteiger partial charge in [-0.15, -0.1) is 0 Å². The summed E-state index contributed by atoms with van der Waals surface area (Å²) in [5.41, 5.74) is 3.40. The van der Waals surface area contributed by atoms with Gasteiger partial charge in [0.15, 0.2) is 11.5 Å². The maximum Gasteiger partial charge on any atom is 0.162 e. The zero-order chi connectivity index (χ0) is 14.5. The average Bonchev–Trinajstić information content (AvgIpc) is 2.47. The van der Waals surface area contributed by atoms with Crippen molar-refractivity contribution in [1.29, 1.82) is 0 Å². The summed E-state index contributed by atoms with van der Waals surface area (Å²) in [7, 11) is 3.28. The lowest BCUT2D eigenvalue weighted by atomic mass is 10.0. The molecule has 0 amide bonds. The molecule has 0 fully saturated rings. The minimum Gasteiger partial charge on any atom is -0.493 e. The Balaban J connectivity index is 2.31. The highest BCUT2D eigenvalue weighted by Crippen LogP contribution is 2.33. The summed E-state index contributed by atoms with van der Waals surface area (Å²) < 4.78 is 10.6. The Morgan fingerprint density at radius 2 is 1.60 bits per heavy atom. The van der Waals surface area contributed by atoms with Gasteiger partial charge in [-0.05, 0) is 29.7 Å². The molecule has 2 rings (SSSR count). The number of rotatable bonds is 5. The van der Waals surface area contributed by atoms with Crippen LogP contribution in [0.3, 0.4) is 0 Å². The fourth-order valence-electron chi connectivity index (χ4n) is 2.18. The number of benzene rings is 2. The van der Waals surface area contributed by atoms with Crippen LogP contribution in [0.5, 0.6) is 11.5 Å². The molecule has 20 heavy (non-hydrogen) atoms. The van der Waals surface area contributed by atoms with Crippen LogP contribution in [-0.4, -0.2) is 14.2 Å². The number of methoxy groups -OCH3 is 2. The van der Waals surface area contributed by atoms with Crippen molar-refractivity contribution in [3.8, 4) is 11.5 Å². The zero-order valence-corrected chi connectivity index (χ0v) is 12.4. The molecule has 0 saturated carbocycles. The van der Waals surface area contributed by atoms with E-state index in [9.17, 15) is 0 Å². The van der Waals surface area contributed by atoms with Gasteiger partial charge in [-0.2, -0.15) is 0 Å². The van der Waals surface area contributed by atoms with Gasteiger partial charge < -0.3 is 14.8 Å². The van der Waals surface area contributed by atoms with Crippen LogP contribution >= 0.6 is 0 Å². The first kappa shape index (κ1) is 14.3. The van der Waals surface area contributed by atoms with Gasteiger partial charge in [0.05, 0.1) is 14.2 Å². The van der Waals surface area contributed by atoms with Crippen LogP contribution in [-0.2, 0) is 0 Å². The first-order valence-corrected chi connectivity index (χ1v) is 6.73. The van der Waals surface area contributed by atoms with Crippen molar-refractivity contribution in [1.82, 2.24) is 0 Å². The fraction of sp³-hybridized carbons (Fsp3) is 0.294. The predicted octanol–water partition coefficient (Wildman–Crippen LogP) is 4.57. The lowest BCUT2D eigenvalue weighted by Crippen LogP contribution is -1.98. The summed E-state index contributed by atoms with van der Waals surface area (Å²) in [6.45, 7) is 4.38. The average molecular weight is 271 g/mol. The van der Waals surface area contributed by atoms with Crippen LogP contribution in [0, 0.1) is 0 Å². The molecule has 0 unspecified atom stereocenters. The standard InChI is InChI=1S/C17H21NO2/c1-12(2)14-7-5-6-8-15(14)18-13-9-10-16(19-3)17(11-13)20-4/h5-12,18H,1-4H3. The van der Waals surface area contributed by atoms with Gasteiger partial charge in [-0.3, -0.25) is 0 Å². The molecule has 0 saturated heterocycles. The molecule has 2 aromatic rings. The van der Waals surface area contributed by atoms with Crippen LogP contribution in [0.15, 0.2) is 42.5 Å². The van der Waals surface area contributed by atoms with E-state index in [1.165, 1.54) is 5.56 Å². The van der Waals surface area contributed by atoms with Crippen molar-refractivity contribution in [2.75, 3.05) is 19.5 Å². The number of para-hydroxylation sites is 1. The number of hydrogen-bond acceptors (Lipinski definition) is 3. The van der Waals surface area contributed by atoms with Crippen molar-refractivity contribution in [3.05, 3.63) is 48.0 Å². The summed E-state index contributed by atoms with van der Waals surface area (Å²) in [6, 6.07) is 14.2. The smallest absolute Gasteiger partial charge is 0.162 e. The maximum atomic E-state index is 5.33. The highest BCUT2D eigenvalue weighted by Gasteiger charge is 2.08. The van der Waals surface area contributed by atoms with Crippen LogP contribution in [0.4, 0.5) is 11.4 Å². The number of nitrogens with one attached hydrogen (secondary N) is 1. The third-order valence-electron chi connectivity index (χ3n) is 3.25. The molecule has 0 bridgehead atoms. The molecule has 1 N–H and O–H groups in total. The van der Waals surface area contributed by atoms with Crippen LogP contribution < -0.4 is 14.8 Å². The molecule has 0 aliphatic heterocycles. The predicted molar refractivity (Wildman–Crippen MR) is 83.4 cm³/mol. The van der Waals surface area contributed by atoms with E-state index in [4.69, 9.17) is 9.47 Å². The summed E-state index contributed by atoms with van der Waals surface area (Å²) >= 11 is 0. The van der Waals surface area contributed by atoms with Crippen molar-refractivity contribution >= 4 is 11.4 Å². The second-order valence-electron chi connectivity index (χ2n) is 4.94.